The fourth-order valence-corrected chi connectivity index (χ4v) is 1.16. The van der Waals surface area contributed by atoms with E-state index in [9.17, 15) is 0 Å². The predicted molar refractivity (Wildman–Crippen MR) is 52.4 cm³/mol. The Bertz CT molecular complexity index is 312. The number of pyridine rings is 1. The first-order valence-electron chi connectivity index (χ1n) is 4.29. The van der Waals surface area contributed by atoms with Crippen LogP contribution in [0, 0.1) is 0 Å². The first-order chi connectivity index (χ1) is 6.29. The van der Waals surface area contributed by atoms with Gasteiger partial charge in [-0.1, -0.05) is 11.6 Å². The second-order valence-corrected chi connectivity index (χ2v) is 3.47. The zero-order valence-corrected chi connectivity index (χ0v) is 8.14. The molecule has 1 aliphatic rings. The fourth-order valence-electron chi connectivity index (χ4n) is 1.01. The van der Waals surface area contributed by atoms with E-state index in [1.54, 1.807) is 6.20 Å². The molecule has 0 amide bonds. The van der Waals surface area contributed by atoms with Crippen molar-refractivity contribution in [1.82, 2.24) is 4.98 Å². The average molecular weight is 199 g/mol. The normalized spacial score (nSPS) is 15.5. The molecule has 0 atom stereocenters. The molecule has 0 aliphatic heterocycles. The first kappa shape index (κ1) is 8.63. The van der Waals surface area contributed by atoms with Crippen LogP contribution >= 0.6 is 11.6 Å². The lowest BCUT2D eigenvalue weighted by molar-refractivity contribution is 0.303. The third kappa shape index (κ3) is 2.04. The summed E-state index contributed by atoms with van der Waals surface area (Å²) in [5.74, 6) is 1.50. The number of anilines is 1. The van der Waals surface area contributed by atoms with Crippen molar-refractivity contribution < 1.29 is 4.74 Å². The van der Waals surface area contributed by atoms with Gasteiger partial charge in [0, 0.05) is 13.1 Å². The Morgan fingerprint density at radius 2 is 2.38 bits per heavy atom. The summed E-state index contributed by atoms with van der Waals surface area (Å²) in [6.45, 7) is 0. The molecular formula is C9H11ClN2O. The molecule has 1 saturated carbocycles. The van der Waals surface area contributed by atoms with Crippen molar-refractivity contribution in [2.24, 2.45) is 0 Å². The van der Waals surface area contributed by atoms with Crippen LogP contribution in [0.25, 0.3) is 0 Å². The van der Waals surface area contributed by atoms with E-state index in [4.69, 9.17) is 16.3 Å². The summed E-state index contributed by atoms with van der Waals surface area (Å²) in [5.41, 5.74) is 0. The third-order valence-corrected chi connectivity index (χ3v) is 2.18. The van der Waals surface area contributed by atoms with Crippen LogP contribution in [0.15, 0.2) is 12.3 Å². The summed E-state index contributed by atoms with van der Waals surface area (Å²) < 4.78 is 5.59. The molecule has 1 heterocycles. The minimum absolute atomic E-state index is 0.365. The first-order valence-corrected chi connectivity index (χ1v) is 4.67. The Morgan fingerprint density at radius 1 is 1.62 bits per heavy atom. The van der Waals surface area contributed by atoms with E-state index in [-0.39, 0.29) is 0 Å². The summed E-state index contributed by atoms with van der Waals surface area (Å²) in [6.07, 6.45) is 4.23. The monoisotopic (exact) mass is 198 g/mol. The van der Waals surface area contributed by atoms with Crippen molar-refractivity contribution in [2.75, 3.05) is 12.4 Å². The van der Waals surface area contributed by atoms with Gasteiger partial charge in [-0.3, -0.25) is 0 Å². The van der Waals surface area contributed by atoms with E-state index in [0.717, 1.165) is 24.4 Å². The lowest BCUT2D eigenvalue weighted by atomic mass is 10.4. The van der Waals surface area contributed by atoms with Crippen LogP contribution in [0.4, 0.5) is 5.82 Å². The molecule has 1 aromatic heterocycles. The molecule has 0 bridgehead atoms. The highest BCUT2D eigenvalue weighted by molar-refractivity contribution is 6.31. The smallest absolute Gasteiger partial charge is 0.143 e. The quantitative estimate of drug-likeness (QED) is 0.810. The maximum absolute atomic E-state index is 5.91. The maximum Gasteiger partial charge on any atom is 0.143 e. The van der Waals surface area contributed by atoms with Gasteiger partial charge in [-0.05, 0) is 12.8 Å². The van der Waals surface area contributed by atoms with E-state index in [0.29, 0.717) is 11.1 Å². The van der Waals surface area contributed by atoms with Crippen LogP contribution < -0.4 is 10.1 Å². The largest absolute Gasteiger partial charge is 0.489 e. The molecule has 1 aromatic rings. The van der Waals surface area contributed by atoms with Gasteiger partial charge in [0.1, 0.15) is 16.6 Å². The van der Waals surface area contributed by atoms with Crippen LogP contribution in [-0.2, 0) is 0 Å². The Hall–Kier alpha value is -0.960. The lowest BCUT2D eigenvalue weighted by Crippen LogP contribution is -1.99. The average Bonchev–Trinajstić information content (AvgIpc) is 2.93. The van der Waals surface area contributed by atoms with E-state index in [1.165, 1.54) is 0 Å². The van der Waals surface area contributed by atoms with Gasteiger partial charge in [-0.25, -0.2) is 4.98 Å². The van der Waals surface area contributed by atoms with E-state index < -0.39 is 0 Å². The maximum atomic E-state index is 5.91. The molecule has 1 N–H and O–H groups in total. The summed E-state index contributed by atoms with van der Waals surface area (Å²) in [5, 5.41) is 3.51. The van der Waals surface area contributed by atoms with Crippen molar-refractivity contribution in [3.63, 3.8) is 0 Å². The van der Waals surface area contributed by atoms with Crippen molar-refractivity contribution in [3.8, 4) is 5.75 Å². The molecule has 0 spiro atoms. The van der Waals surface area contributed by atoms with Crippen molar-refractivity contribution in [3.05, 3.63) is 17.3 Å². The van der Waals surface area contributed by atoms with Gasteiger partial charge in [-0.15, -0.1) is 0 Å². The molecule has 0 unspecified atom stereocenters. The van der Waals surface area contributed by atoms with Crippen molar-refractivity contribution in [2.45, 2.75) is 18.9 Å². The Labute approximate surface area is 82.1 Å². The lowest BCUT2D eigenvalue weighted by Gasteiger charge is -2.07. The molecular weight excluding hydrogens is 188 g/mol. The molecule has 0 aromatic carbocycles. The zero-order chi connectivity index (χ0) is 9.26. The molecule has 4 heteroatoms. The SMILES string of the molecule is CNc1cc(OC2CC2)c(Cl)cn1. The second kappa shape index (κ2) is 3.42. The van der Waals surface area contributed by atoms with Crippen LogP contribution in [0.5, 0.6) is 5.75 Å². The summed E-state index contributed by atoms with van der Waals surface area (Å²) in [7, 11) is 1.82. The van der Waals surface area contributed by atoms with Crippen LogP contribution in [-0.4, -0.2) is 18.1 Å². The van der Waals surface area contributed by atoms with Gasteiger partial charge < -0.3 is 10.1 Å². The van der Waals surface area contributed by atoms with Crippen LogP contribution in [0.3, 0.4) is 0 Å². The molecule has 0 saturated heterocycles. The fraction of sp³-hybridized carbons (Fsp3) is 0.444. The molecule has 0 radical (unpaired) electrons. The highest BCUT2D eigenvalue weighted by Crippen LogP contribution is 2.32. The Morgan fingerprint density at radius 3 is 3.00 bits per heavy atom. The molecule has 13 heavy (non-hydrogen) atoms. The van der Waals surface area contributed by atoms with Gasteiger partial charge >= 0.3 is 0 Å². The van der Waals surface area contributed by atoms with Crippen molar-refractivity contribution in [1.29, 1.82) is 0 Å². The van der Waals surface area contributed by atoms with Gasteiger partial charge in [0.2, 0.25) is 0 Å². The number of halogens is 1. The molecule has 3 nitrogen and oxygen atoms in total. The van der Waals surface area contributed by atoms with Crippen molar-refractivity contribution >= 4 is 17.4 Å². The summed E-state index contributed by atoms with van der Waals surface area (Å²) in [4.78, 5) is 4.06. The second-order valence-electron chi connectivity index (χ2n) is 3.07. The minimum Gasteiger partial charge on any atom is -0.489 e. The number of hydrogen-bond donors (Lipinski definition) is 1. The van der Waals surface area contributed by atoms with Crippen LogP contribution in [0.2, 0.25) is 5.02 Å². The predicted octanol–water partition coefficient (Wildman–Crippen LogP) is 2.32. The highest BCUT2D eigenvalue weighted by Gasteiger charge is 2.24. The Balaban J connectivity index is 2.19. The third-order valence-electron chi connectivity index (χ3n) is 1.89. The standard InChI is InChI=1S/C9H11ClN2O/c1-11-9-4-8(7(10)5-12-9)13-6-2-3-6/h4-6H,2-3H2,1H3,(H,11,12). The number of aromatic nitrogens is 1. The number of rotatable bonds is 3. The van der Waals surface area contributed by atoms with E-state index in [1.807, 2.05) is 13.1 Å². The van der Waals surface area contributed by atoms with Gasteiger partial charge in [-0.2, -0.15) is 0 Å². The molecule has 1 aliphatic carbocycles. The molecule has 1 fully saturated rings. The van der Waals surface area contributed by atoms with Gasteiger partial charge in [0.15, 0.2) is 0 Å². The highest BCUT2D eigenvalue weighted by atomic mass is 35.5. The number of nitrogens with one attached hydrogen (secondary N) is 1. The van der Waals surface area contributed by atoms with E-state index >= 15 is 0 Å². The summed E-state index contributed by atoms with van der Waals surface area (Å²) in [6, 6.07) is 1.82. The number of nitrogens with zero attached hydrogens (tertiary/aromatic N) is 1. The van der Waals surface area contributed by atoms with Gasteiger partial charge in [0.25, 0.3) is 0 Å². The van der Waals surface area contributed by atoms with E-state index in [2.05, 4.69) is 10.3 Å². The Kier molecular flexibility index (Phi) is 2.27. The zero-order valence-electron chi connectivity index (χ0n) is 7.38. The molecule has 2 rings (SSSR count). The van der Waals surface area contributed by atoms with Crippen LogP contribution in [0.1, 0.15) is 12.8 Å². The summed E-state index contributed by atoms with van der Waals surface area (Å²) >= 11 is 5.91. The van der Waals surface area contributed by atoms with Gasteiger partial charge in [0.05, 0.1) is 12.3 Å². The number of hydrogen-bond acceptors (Lipinski definition) is 3. The number of ether oxygens (including phenoxy) is 1. The topological polar surface area (TPSA) is 34.1 Å². The minimum atomic E-state index is 0.365. The molecule has 70 valence electrons.